The Hall–Kier alpha value is -1.69. The maximum Gasteiger partial charge on any atom is 0.251 e. The number of amides is 1. The average molecular weight is 543 g/mol. The van der Waals surface area contributed by atoms with Crippen molar-refractivity contribution in [1.82, 2.24) is 5.32 Å². The van der Waals surface area contributed by atoms with Gasteiger partial charge in [-0.15, -0.1) is 0 Å². The molecule has 1 aromatic carbocycles. The summed E-state index contributed by atoms with van der Waals surface area (Å²) in [5.74, 6) is 0.955. The highest BCUT2D eigenvalue weighted by Gasteiger charge is 2.29. The summed E-state index contributed by atoms with van der Waals surface area (Å²) in [6, 6.07) is 7.04. The number of nitrogens with zero attached hydrogens (tertiary/aromatic N) is 1. The van der Waals surface area contributed by atoms with E-state index in [-0.39, 0.29) is 6.54 Å². The Morgan fingerprint density at radius 1 is 1.03 bits per heavy atom. The van der Waals surface area contributed by atoms with Crippen molar-refractivity contribution in [1.29, 1.82) is 0 Å². The topological polar surface area (TPSA) is 156 Å². The van der Waals surface area contributed by atoms with Gasteiger partial charge in [0, 0.05) is 32.4 Å². The number of hydrogen-bond donors (Lipinski definition) is 6. The lowest BCUT2D eigenvalue weighted by Crippen LogP contribution is -2.44. The van der Waals surface area contributed by atoms with E-state index >= 15 is 0 Å². The molecule has 0 aromatic heterocycles. The third-order valence-corrected chi connectivity index (χ3v) is 7.64. The summed E-state index contributed by atoms with van der Waals surface area (Å²) in [5.41, 5.74) is 0.914. The van der Waals surface area contributed by atoms with E-state index in [0.717, 1.165) is 27.4 Å². The van der Waals surface area contributed by atoms with Gasteiger partial charge in [-0.3, -0.25) is 4.79 Å². The van der Waals surface area contributed by atoms with Gasteiger partial charge in [0.1, 0.15) is 6.10 Å². The predicted molar refractivity (Wildman–Crippen MR) is 148 cm³/mol. The highest BCUT2D eigenvalue weighted by molar-refractivity contribution is 7.99. The lowest BCUT2D eigenvalue weighted by Gasteiger charge is -2.23. The lowest BCUT2D eigenvalue weighted by atomic mass is 10.0. The zero-order valence-electron chi connectivity index (χ0n) is 22.4. The molecule has 10 heteroatoms. The second kappa shape index (κ2) is 17.8. The van der Waals surface area contributed by atoms with Gasteiger partial charge in [0.05, 0.1) is 24.6 Å². The number of hydroxylamine groups is 1. The molecule has 212 valence electrons. The van der Waals surface area contributed by atoms with Gasteiger partial charge < -0.3 is 36.1 Å². The molecule has 0 aliphatic rings. The first-order valence-corrected chi connectivity index (χ1v) is 14.3. The Labute approximate surface area is 225 Å². The molecule has 37 heavy (non-hydrogen) atoms. The molecule has 9 nitrogen and oxygen atoms in total. The predicted octanol–water partition coefficient (Wildman–Crippen LogP) is 1.93. The monoisotopic (exact) mass is 542 g/mol. The van der Waals surface area contributed by atoms with Crippen molar-refractivity contribution in [3.63, 3.8) is 0 Å². The van der Waals surface area contributed by atoms with Gasteiger partial charge in [-0.25, -0.2) is 4.74 Å². The van der Waals surface area contributed by atoms with Crippen LogP contribution in [0.25, 0.3) is 0 Å². The summed E-state index contributed by atoms with van der Waals surface area (Å²) < 4.78 is 0.984. The largest absolute Gasteiger partial charge is 0.623 e. The quantitative estimate of drug-likeness (QED) is 0.0509. The minimum absolute atomic E-state index is 0.0897. The summed E-state index contributed by atoms with van der Waals surface area (Å²) in [6.45, 7) is 5.45. The van der Waals surface area contributed by atoms with E-state index in [1.54, 1.807) is 42.2 Å². The van der Waals surface area contributed by atoms with Crippen LogP contribution in [-0.2, 0) is 11.3 Å². The molecule has 0 radical (unpaired) electrons. The Kier molecular flexibility index (Phi) is 16.0. The fraction of sp³-hybridized carbons (Fsp3) is 0.704. The van der Waals surface area contributed by atoms with Crippen LogP contribution in [-0.4, -0.2) is 90.5 Å². The van der Waals surface area contributed by atoms with E-state index in [1.807, 2.05) is 13.8 Å². The molecule has 0 saturated carbocycles. The molecule has 0 aliphatic carbocycles. The second-order valence-electron chi connectivity index (χ2n) is 10.1. The number of nitrogens with one attached hydrogen (secondary N) is 1. The summed E-state index contributed by atoms with van der Waals surface area (Å²) in [7, 11) is 0. The third-order valence-electron chi connectivity index (χ3n) is 6.15. The highest BCUT2D eigenvalue weighted by atomic mass is 32.2. The van der Waals surface area contributed by atoms with Crippen molar-refractivity contribution in [2.45, 2.75) is 102 Å². The van der Waals surface area contributed by atoms with E-state index in [2.05, 4.69) is 12.2 Å². The summed E-state index contributed by atoms with van der Waals surface area (Å²) in [6.07, 6.45) is 2.27. The number of carbonyl (C=O) groups excluding carboxylic acids is 1. The number of carbonyl (C=O) groups is 1. The molecular formula is C27H46N2O7S. The first kappa shape index (κ1) is 33.3. The van der Waals surface area contributed by atoms with Gasteiger partial charge in [0.25, 0.3) is 5.91 Å². The normalized spacial score (nSPS) is 15.7. The fourth-order valence-corrected chi connectivity index (χ4v) is 4.70. The Morgan fingerprint density at radius 2 is 1.65 bits per heavy atom. The zero-order chi connectivity index (χ0) is 27.8. The lowest BCUT2D eigenvalue weighted by molar-refractivity contribution is -0.528. The standard InChI is InChI=1S/C27H46N2O7S/c1-4-5-6-7-8-9-14-37-19-27(2,3)29(36)17-21-12-10-20(11-13-21)16-28-26(35)25(34)23(32)15-22(31)24(33)18-30/h10-13,17,22-25,30-34H,4-9,14-16,18-19H2,1-3H3,(H,28,35)/b29-17-/t22?,23-,24?,25?/m1/s1. The van der Waals surface area contributed by atoms with E-state index in [4.69, 9.17) is 5.11 Å². The number of thioether (sulfide) groups is 1. The maximum absolute atomic E-state index is 12.7. The molecule has 6 N–H and O–H groups in total. The Morgan fingerprint density at radius 3 is 2.27 bits per heavy atom. The number of aliphatic hydroxyl groups is 5. The van der Waals surface area contributed by atoms with Crippen molar-refractivity contribution < 1.29 is 35.1 Å². The van der Waals surface area contributed by atoms with Crippen LogP contribution in [0, 0.1) is 5.21 Å². The third kappa shape index (κ3) is 13.1. The van der Waals surface area contributed by atoms with Crippen molar-refractivity contribution >= 4 is 23.9 Å². The van der Waals surface area contributed by atoms with Gasteiger partial charge in [0.15, 0.2) is 17.9 Å². The molecule has 0 saturated heterocycles. The smallest absolute Gasteiger partial charge is 0.251 e. The van der Waals surface area contributed by atoms with E-state index in [9.17, 15) is 30.4 Å². The van der Waals surface area contributed by atoms with Crippen LogP contribution in [0.2, 0.25) is 0 Å². The molecule has 0 aliphatic heterocycles. The molecular weight excluding hydrogens is 496 g/mol. The number of aliphatic hydroxyl groups excluding tert-OH is 5. The SMILES string of the molecule is CCCCCCCCSCC(C)(C)/[N+]([O-])=C/c1ccc(CNC(=O)C(O)[C@H](O)CC(O)C(O)CO)cc1. The molecule has 0 bridgehead atoms. The first-order valence-electron chi connectivity index (χ1n) is 13.1. The van der Waals surface area contributed by atoms with Crippen LogP contribution in [0.1, 0.15) is 76.8 Å². The number of unbranched alkanes of at least 4 members (excludes halogenated alkanes) is 5. The minimum Gasteiger partial charge on any atom is -0.623 e. The van der Waals surface area contributed by atoms with Crippen molar-refractivity contribution in [3.8, 4) is 0 Å². The van der Waals surface area contributed by atoms with E-state index in [0.29, 0.717) is 0 Å². The van der Waals surface area contributed by atoms with E-state index < -0.39 is 48.9 Å². The zero-order valence-corrected chi connectivity index (χ0v) is 23.2. The molecule has 0 spiro atoms. The van der Waals surface area contributed by atoms with Gasteiger partial charge in [-0.05, 0) is 29.9 Å². The van der Waals surface area contributed by atoms with Crippen LogP contribution in [0.15, 0.2) is 24.3 Å². The molecule has 1 amide bonds. The van der Waals surface area contributed by atoms with Crippen LogP contribution in [0.5, 0.6) is 0 Å². The van der Waals surface area contributed by atoms with Crippen molar-refractivity contribution in [2.75, 3.05) is 18.1 Å². The summed E-state index contributed by atoms with van der Waals surface area (Å²) in [4.78, 5) is 12.1. The van der Waals surface area contributed by atoms with Gasteiger partial charge in [0.2, 0.25) is 0 Å². The molecule has 1 rings (SSSR count). The van der Waals surface area contributed by atoms with Crippen molar-refractivity contribution in [3.05, 3.63) is 40.6 Å². The maximum atomic E-state index is 12.7. The first-order chi connectivity index (χ1) is 17.5. The summed E-state index contributed by atoms with van der Waals surface area (Å²) >= 11 is 1.81. The minimum atomic E-state index is -1.80. The molecule has 3 unspecified atom stereocenters. The van der Waals surface area contributed by atoms with Crippen LogP contribution in [0.4, 0.5) is 0 Å². The molecule has 4 atom stereocenters. The van der Waals surface area contributed by atoms with E-state index in [1.165, 1.54) is 38.5 Å². The molecule has 0 fully saturated rings. The summed E-state index contributed by atoms with van der Waals surface area (Å²) in [5, 5.41) is 62.9. The second-order valence-corrected chi connectivity index (χ2v) is 11.2. The van der Waals surface area contributed by atoms with Crippen LogP contribution in [0.3, 0.4) is 0 Å². The number of hydrogen-bond acceptors (Lipinski definition) is 8. The highest BCUT2D eigenvalue weighted by Crippen LogP contribution is 2.19. The Bertz CT molecular complexity index is 804. The Balaban J connectivity index is 2.49. The van der Waals surface area contributed by atoms with Gasteiger partial charge in [-0.1, -0.05) is 51.2 Å². The molecule has 0 heterocycles. The van der Waals surface area contributed by atoms with Crippen LogP contribution < -0.4 is 5.32 Å². The fourth-order valence-electron chi connectivity index (χ4n) is 3.53. The number of benzene rings is 1. The van der Waals surface area contributed by atoms with Crippen LogP contribution >= 0.6 is 11.8 Å². The van der Waals surface area contributed by atoms with Crippen molar-refractivity contribution in [2.24, 2.45) is 0 Å². The average Bonchev–Trinajstić information content (AvgIpc) is 2.88. The van der Waals surface area contributed by atoms with Gasteiger partial charge >= 0.3 is 0 Å². The molecule has 1 aromatic rings. The van der Waals surface area contributed by atoms with Gasteiger partial charge in [-0.2, -0.15) is 11.8 Å². The number of rotatable bonds is 19.